The van der Waals surface area contributed by atoms with Crippen molar-refractivity contribution in [2.24, 2.45) is 7.05 Å². The summed E-state index contributed by atoms with van der Waals surface area (Å²) in [5.74, 6) is 1.20. The number of carboxylic acid groups (broad SMARTS) is 1. The van der Waals surface area contributed by atoms with Crippen molar-refractivity contribution in [1.29, 1.82) is 0 Å². The molecule has 0 saturated heterocycles. The van der Waals surface area contributed by atoms with Gasteiger partial charge in [-0.1, -0.05) is 5.92 Å². The molecule has 0 aliphatic carbocycles. The van der Waals surface area contributed by atoms with Crippen LogP contribution in [0.1, 0.15) is 25.5 Å². The number of carbonyl (C=O) groups excluding carboxylic acids is 1. The van der Waals surface area contributed by atoms with Crippen molar-refractivity contribution in [2.75, 3.05) is 0 Å². The van der Waals surface area contributed by atoms with Crippen molar-refractivity contribution < 1.29 is 14.7 Å². The number of aromatic nitrogens is 2. The normalized spacial score (nSPS) is 12.3. The Bertz CT molecular complexity index is 527. The summed E-state index contributed by atoms with van der Waals surface area (Å²) in [5, 5.41) is 17.8. The first-order chi connectivity index (χ1) is 8.75. The molecule has 2 amide bonds. The standard InChI is InChI=1S/C12H16N4O3/c1-5-12(2,3)15-11(19)14-9(10(17)18)8-6-13-16(4)7-8/h1,6-7,9H,2-4H3,(H,17,18)(H2,14,15,19). The maximum absolute atomic E-state index is 11.7. The lowest BCUT2D eigenvalue weighted by atomic mass is 10.1. The van der Waals surface area contributed by atoms with Gasteiger partial charge in [0.25, 0.3) is 0 Å². The monoisotopic (exact) mass is 264 g/mol. The molecule has 0 radical (unpaired) electrons. The van der Waals surface area contributed by atoms with E-state index in [0.29, 0.717) is 5.56 Å². The number of amides is 2. The van der Waals surface area contributed by atoms with Crippen LogP contribution in [0.15, 0.2) is 12.4 Å². The molecule has 1 rings (SSSR count). The molecule has 19 heavy (non-hydrogen) atoms. The molecule has 7 nitrogen and oxygen atoms in total. The van der Waals surface area contributed by atoms with Gasteiger partial charge in [-0.25, -0.2) is 9.59 Å². The Kier molecular flexibility index (Phi) is 4.17. The summed E-state index contributed by atoms with van der Waals surface area (Å²) in [6, 6.07) is -1.83. The Balaban J connectivity index is 2.79. The second-order valence-corrected chi connectivity index (χ2v) is 4.59. The first kappa shape index (κ1) is 14.6. The van der Waals surface area contributed by atoms with Crippen LogP contribution in [-0.4, -0.2) is 32.4 Å². The first-order valence-corrected chi connectivity index (χ1v) is 5.53. The number of urea groups is 1. The molecule has 1 atom stereocenters. The van der Waals surface area contributed by atoms with Gasteiger partial charge in [0.2, 0.25) is 0 Å². The minimum atomic E-state index is -1.18. The van der Waals surface area contributed by atoms with Crippen LogP contribution >= 0.6 is 0 Å². The Hall–Kier alpha value is -2.49. The number of carboxylic acids is 1. The van der Waals surface area contributed by atoms with E-state index >= 15 is 0 Å². The van der Waals surface area contributed by atoms with Crippen LogP contribution in [-0.2, 0) is 11.8 Å². The zero-order valence-electron chi connectivity index (χ0n) is 11.0. The van der Waals surface area contributed by atoms with Gasteiger partial charge in [0.1, 0.15) is 0 Å². The third kappa shape index (κ3) is 4.03. The number of hydrogen-bond acceptors (Lipinski definition) is 3. The number of carbonyl (C=O) groups is 2. The van der Waals surface area contributed by atoms with Crippen LogP contribution in [0.3, 0.4) is 0 Å². The van der Waals surface area contributed by atoms with Crippen LogP contribution in [0, 0.1) is 12.3 Å². The van der Waals surface area contributed by atoms with Crippen LogP contribution in [0.5, 0.6) is 0 Å². The van der Waals surface area contributed by atoms with E-state index in [-0.39, 0.29) is 0 Å². The highest BCUT2D eigenvalue weighted by atomic mass is 16.4. The molecule has 0 aliphatic heterocycles. The largest absolute Gasteiger partial charge is 0.479 e. The van der Waals surface area contributed by atoms with E-state index in [1.165, 1.54) is 17.1 Å². The van der Waals surface area contributed by atoms with E-state index in [0.717, 1.165) is 0 Å². The van der Waals surface area contributed by atoms with E-state index in [1.807, 2.05) is 0 Å². The van der Waals surface area contributed by atoms with E-state index < -0.39 is 23.6 Å². The van der Waals surface area contributed by atoms with Crippen LogP contribution < -0.4 is 10.6 Å². The SMILES string of the molecule is C#CC(C)(C)NC(=O)NC(C(=O)O)c1cnn(C)c1. The molecule has 0 aliphatic rings. The fourth-order valence-electron chi connectivity index (χ4n) is 1.36. The summed E-state index contributed by atoms with van der Waals surface area (Å²) in [7, 11) is 1.66. The summed E-state index contributed by atoms with van der Waals surface area (Å²) in [6.07, 6.45) is 8.14. The molecule has 0 spiro atoms. The first-order valence-electron chi connectivity index (χ1n) is 5.53. The number of aliphatic carboxylic acids is 1. The summed E-state index contributed by atoms with van der Waals surface area (Å²) >= 11 is 0. The zero-order chi connectivity index (χ0) is 14.6. The summed E-state index contributed by atoms with van der Waals surface area (Å²) < 4.78 is 1.45. The number of terminal acetylenes is 1. The van der Waals surface area contributed by atoms with Crippen molar-refractivity contribution in [3.05, 3.63) is 18.0 Å². The molecule has 1 aromatic heterocycles. The zero-order valence-corrected chi connectivity index (χ0v) is 11.0. The molecule has 1 aromatic rings. The van der Waals surface area contributed by atoms with Crippen molar-refractivity contribution in [3.63, 3.8) is 0 Å². The van der Waals surface area contributed by atoms with Gasteiger partial charge < -0.3 is 15.7 Å². The molecular weight excluding hydrogens is 248 g/mol. The molecule has 3 N–H and O–H groups in total. The predicted octanol–water partition coefficient (Wildman–Crippen LogP) is 0.257. The van der Waals surface area contributed by atoms with Gasteiger partial charge in [-0.15, -0.1) is 6.42 Å². The number of nitrogens with one attached hydrogen (secondary N) is 2. The maximum atomic E-state index is 11.7. The second-order valence-electron chi connectivity index (χ2n) is 4.59. The third-order valence-electron chi connectivity index (χ3n) is 2.37. The number of rotatable bonds is 4. The van der Waals surface area contributed by atoms with Gasteiger partial charge in [-0.2, -0.15) is 5.10 Å². The minimum Gasteiger partial charge on any atom is -0.479 e. The highest BCUT2D eigenvalue weighted by molar-refractivity contribution is 5.84. The van der Waals surface area contributed by atoms with Gasteiger partial charge in [0, 0.05) is 18.8 Å². The van der Waals surface area contributed by atoms with E-state index in [4.69, 9.17) is 11.5 Å². The summed E-state index contributed by atoms with van der Waals surface area (Å²) in [5.41, 5.74) is -0.481. The molecule has 0 bridgehead atoms. The van der Waals surface area contributed by atoms with Crippen LogP contribution in [0.25, 0.3) is 0 Å². The van der Waals surface area contributed by atoms with Gasteiger partial charge in [0.15, 0.2) is 6.04 Å². The molecule has 1 unspecified atom stereocenters. The Morgan fingerprint density at radius 2 is 2.21 bits per heavy atom. The molecular formula is C12H16N4O3. The fourth-order valence-corrected chi connectivity index (χ4v) is 1.36. The quantitative estimate of drug-likeness (QED) is 0.679. The van der Waals surface area contributed by atoms with E-state index in [2.05, 4.69) is 21.7 Å². The lowest BCUT2D eigenvalue weighted by Crippen LogP contribution is -2.49. The Morgan fingerprint density at radius 3 is 2.63 bits per heavy atom. The highest BCUT2D eigenvalue weighted by Crippen LogP contribution is 2.12. The number of aryl methyl sites for hydroxylation is 1. The summed E-state index contributed by atoms with van der Waals surface area (Å²) in [4.78, 5) is 22.9. The highest BCUT2D eigenvalue weighted by Gasteiger charge is 2.25. The molecule has 0 fully saturated rings. The van der Waals surface area contributed by atoms with Crippen molar-refractivity contribution in [1.82, 2.24) is 20.4 Å². The lowest BCUT2D eigenvalue weighted by Gasteiger charge is -2.21. The average Bonchev–Trinajstić information content (AvgIpc) is 2.71. The van der Waals surface area contributed by atoms with Crippen molar-refractivity contribution >= 4 is 12.0 Å². The van der Waals surface area contributed by atoms with E-state index in [9.17, 15) is 9.59 Å². The molecule has 1 heterocycles. The Labute approximate surface area is 111 Å². The smallest absolute Gasteiger partial charge is 0.331 e. The third-order valence-corrected chi connectivity index (χ3v) is 2.37. The number of hydrogen-bond donors (Lipinski definition) is 3. The van der Waals surface area contributed by atoms with Gasteiger partial charge in [0.05, 0.1) is 11.7 Å². The van der Waals surface area contributed by atoms with Crippen molar-refractivity contribution in [2.45, 2.75) is 25.4 Å². The second kappa shape index (κ2) is 5.44. The van der Waals surface area contributed by atoms with Gasteiger partial charge in [-0.05, 0) is 13.8 Å². The molecule has 0 saturated carbocycles. The maximum Gasteiger partial charge on any atom is 0.331 e. The molecule has 7 heteroatoms. The average molecular weight is 264 g/mol. The lowest BCUT2D eigenvalue weighted by molar-refractivity contribution is -0.139. The minimum absolute atomic E-state index is 0.378. The number of nitrogens with zero attached hydrogens (tertiary/aromatic N) is 2. The molecule has 0 aromatic carbocycles. The van der Waals surface area contributed by atoms with Crippen LogP contribution in [0.2, 0.25) is 0 Å². The Morgan fingerprint density at radius 1 is 1.58 bits per heavy atom. The molecule has 102 valence electrons. The fraction of sp³-hybridized carbons (Fsp3) is 0.417. The van der Waals surface area contributed by atoms with Gasteiger partial charge in [-0.3, -0.25) is 4.68 Å². The topological polar surface area (TPSA) is 96.2 Å². The van der Waals surface area contributed by atoms with Gasteiger partial charge >= 0.3 is 12.0 Å². The predicted molar refractivity (Wildman–Crippen MR) is 68.2 cm³/mol. The van der Waals surface area contributed by atoms with E-state index in [1.54, 1.807) is 20.9 Å². The van der Waals surface area contributed by atoms with Crippen LogP contribution in [0.4, 0.5) is 4.79 Å². The summed E-state index contributed by atoms with van der Waals surface area (Å²) in [6.45, 7) is 3.26. The van der Waals surface area contributed by atoms with Crippen molar-refractivity contribution in [3.8, 4) is 12.3 Å².